The molecule has 0 saturated carbocycles. The monoisotopic (exact) mass is 384 g/mol. The molecule has 0 atom stereocenters. The molecular formula is C21H16N6O2. The van der Waals surface area contributed by atoms with Gasteiger partial charge in [0.15, 0.2) is 0 Å². The minimum atomic E-state index is -0.305. The third-order valence-electron chi connectivity index (χ3n) is 5.09. The predicted molar refractivity (Wildman–Crippen MR) is 108 cm³/mol. The average molecular weight is 384 g/mol. The fourth-order valence-electron chi connectivity index (χ4n) is 3.67. The molecule has 8 nitrogen and oxygen atoms in total. The zero-order chi connectivity index (χ0) is 20.0. The summed E-state index contributed by atoms with van der Waals surface area (Å²) in [4.78, 5) is 32.4. The Bertz CT molecular complexity index is 1340. The number of rotatable bonds is 2. The van der Waals surface area contributed by atoms with Crippen LogP contribution in [0.3, 0.4) is 0 Å². The van der Waals surface area contributed by atoms with Crippen molar-refractivity contribution in [1.82, 2.24) is 19.9 Å². The maximum atomic E-state index is 12.8. The number of fused-ring (bicyclic) bond motifs is 4. The van der Waals surface area contributed by atoms with E-state index < -0.39 is 0 Å². The molecule has 0 saturated heterocycles. The summed E-state index contributed by atoms with van der Waals surface area (Å²) in [5.74, 6) is -0.0858. The molecule has 3 N–H and O–H groups in total. The maximum absolute atomic E-state index is 12.8. The van der Waals surface area contributed by atoms with Crippen LogP contribution in [-0.4, -0.2) is 32.9 Å². The van der Waals surface area contributed by atoms with E-state index in [-0.39, 0.29) is 11.8 Å². The van der Waals surface area contributed by atoms with Gasteiger partial charge in [-0.2, -0.15) is 5.26 Å². The Hall–Kier alpha value is -4.12. The van der Waals surface area contributed by atoms with Gasteiger partial charge in [0.1, 0.15) is 5.69 Å². The third kappa shape index (κ3) is 2.89. The van der Waals surface area contributed by atoms with Crippen LogP contribution in [-0.2, 0) is 6.54 Å². The van der Waals surface area contributed by atoms with Crippen molar-refractivity contribution in [3.05, 3.63) is 59.3 Å². The SMILES string of the molecule is N#Cc1ccc2[nH]c(NC(=O)c3ccc4cc5n(c4c3)CCCNC5=O)nc2c1. The van der Waals surface area contributed by atoms with Gasteiger partial charge in [-0.1, -0.05) is 6.07 Å². The van der Waals surface area contributed by atoms with Gasteiger partial charge in [0, 0.05) is 29.6 Å². The van der Waals surface area contributed by atoms with Crippen LogP contribution < -0.4 is 10.6 Å². The molecule has 1 aliphatic heterocycles. The zero-order valence-corrected chi connectivity index (χ0v) is 15.3. The molecule has 2 amide bonds. The van der Waals surface area contributed by atoms with Crippen molar-refractivity contribution < 1.29 is 9.59 Å². The maximum Gasteiger partial charge on any atom is 0.267 e. The summed E-state index contributed by atoms with van der Waals surface area (Å²) in [6.07, 6.45) is 0.836. The Kier molecular flexibility index (Phi) is 3.81. The number of amides is 2. The molecule has 0 fully saturated rings. The largest absolute Gasteiger partial charge is 0.351 e. The van der Waals surface area contributed by atoms with Crippen LogP contribution in [0.1, 0.15) is 32.8 Å². The predicted octanol–water partition coefficient (Wildman–Crippen LogP) is 2.78. The summed E-state index contributed by atoms with van der Waals surface area (Å²) in [7, 11) is 0. The highest BCUT2D eigenvalue weighted by Crippen LogP contribution is 2.24. The minimum absolute atomic E-state index is 0.0938. The van der Waals surface area contributed by atoms with Crippen LogP contribution >= 0.6 is 0 Å². The first kappa shape index (κ1) is 17.0. The van der Waals surface area contributed by atoms with Crippen molar-refractivity contribution in [2.75, 3.05) is 11.9 Å². The molecule has 0 unspecified atom stereocenters. The lowest BCUT2D eigenvalue weighted by atomic mass is 10.1. The number of H-pyrrole nitrogens is 1. The number of imidazole rings is 1. The van der Waals surface area contributed by atoms with Crippen LogP contribution in [0.25, 0.3) is 21.9 Å². The molecule has 4 aromatic rings. The van der Waals surface area contributed by atoms with Crippen LogP contribution in [0, 0.1) is 11.3 Å². The normalized spacial score (nSPS) is 13.6. The second-order valence-corrected chi connectivity index (χ2v) is 6.95. The van der Waals surface area contributed by atoms with Crippen molar-refractivity contribution in [1.29, 1.82) is 5.26 Å². The summed E-state index contributed by atoms with van der Waals surface area (Å²) >= 11 is 0. The smallest absolute Gasteiger partial charge is 0.267 e. The van der Waals surface area contributed by atoms with Crippen LogP contribution in [0.15, 0.2) is 42.5 Å². The van der Waals surface area contributed by atoms with Gasteiger partial charge in [-0.05, 0) is 42.8 Å². The van der Waals surface area contributed by atoms with Gasteiger partial charge < -0.3 is 14.9 Å². The van der Waals surface area contributed by atoms with E-state index in [1.807, 2.05) is 16.7 Å². The van der Waals surface area contributed by atoms with Crippen molar-refractivity contribution >= 4 is 39.7 Å². The lowest BCUT2D eigenvalue weighted by Crippen LogP contribution is -2.22. The topological polar surface area (TPSA) is 116 Å². The highest BCUT2D eigenvalue weighted by atomic mass is 16.2. The Morgan fingerprint density at radius 3 is 2.97 bits per heavy atom. The Balaban J connectivity index is 1.47. The number of aromatic nitrogens is 3. The van der Waals surface area contributed by atoms with E-state index >= 15 is 0 Å². The molecule has 29 heavy (non-hydrogen) atoms. The molecular weight excluding hydrogens is 368 g/mol. The summed E-state index contributed by atoms with van der Waals surface area (Å²) in [6.45, 7) is 1.36. The number of benzene rings is 2. The van der Waals surface area contributed by atoms with Crippen molar-refractivity contribution in [2.45, 2.75) is 13.0 Å². The quantitative estimate of drug-likeness (QED) is 0.493. The lowest BCUT2D eigenvalue weighted by molar-refractivity contribution is 0.0950. The van der Waals surface area contributed by atoms with E-state index in [4.69, 9.17) is 5.26 Å². The first-order valence-corrected chi connectivity index (χ1v) is 9.25. The number of aromatic amines is 1. The number of nitrogens with zero attached hydrogens (tertiary/aromatic N) is 3. The van der Waals surface area contributed by atoms with Gasteiger partial charge in [-0.3, -0.25) is 14.9 Å². The highest BCUT2D eigenvalue weighted by molar-refractivity contribution is 6.07. The second kappa shape index (κ2) is 6.49. The molecule has 5 rings (SSSR count). The zero-order valence-electron chi connectivity index (χ0n) is 15.3. The second-order valence-electron chi connectivity index (χ2n) is 6.95. The van der Waals surface area contributed by atoms with Gasteiger partial charge in [0.2, 0.25) is 5.95 Å². The first-order chi connectivity index (χ1) is 14.1. The van der Waals surface area contributed by atoms with Crippen LogP contribution in [0.5, 0.6) is 0 Å². The van der Waals surface area contributed by atoms with Gasteiger partial charge in [-0.25, -0.2) is 4.98 Å². The Morgan fingerprint density at radius 2 is 2.10 bits per heavy atom. The molecule has 3 heterocycles. The molecule has 0 aliphatic carbocycles. The lowest BCUT2D eigenvalue weighted by Gasteiger charge is -2.06. The molecule has 142 valence electrons. The fourth-order valence-corrected chi connectivity index (χ4v) is 3.67. The van der Waals surface area contributed by atoms with E-state index in [9.17, 15) is 9.59 Å². The number of nitriles is 1. The number of carbonyl (C=O) groups is 2. The Morgan fingerprint density at radius 1 is 1.21 bits per heavy atom. The van der Waals surface area contributed by atoms with Gasteiger partial charge in [0.05, 0.1) is 22.7 Å². The van der Waals surface area contributed by atoms with E-state index in [0.29, 0.717) is 41.4 Å². The number of carbonyl (C=O) groups excluding carboxylic acids is 2. The van der Waals surface area contributed by atoms with Crippen molar-refractivity contribution in [3.8, 4) is 6.07 Å². The highest BCUT2D eigenvalue weighted by Gasteiger charge is 2.19. The number of aryl methyl sites for hydroxylation is 1. The number of hydrogen-bond donors (Lipinski definition) is 3. The van der Waals surface area contributed by atoms with E-state index in [0.717, 1.165) is 22.8 Å². The molecule has 1 aliphatic rings. The summed E-state index contributed by atoms with van der Waals surface area (Å²) in [6, 6.07) is 14.4. The summed E-state index contributed by atoms with van der Waals surface area (Å²) in [5.41, 5.74) is 3.79. The molecule has 0 spiro atoms. The number of nitrogens with one attached hydrogen (secondary N) is 3. The first-order valence-electron chi connectivity index (χ1n) is 9.25. The van der Waals surface area contributed by atoms with E-state index in [1.54, 1.807) is 30.3 Å². The van der Waals surface area contributed by atoms with E-state index in [2.05, 4.69) is 26.7 Å². The average Bonchev–Trinajstić information content (AvgIpc) is 3.25. The molecule has 2 aromatic heterocycles. The van der Waals surface area contributed by atoms with Gasteiger partial charge >= 0.3 is 0 Å². The standard InChI is InChI=1S/C21H16N6O2/c22-11-12-2-5-15-16(8-12)25-21(24-15)26-19(28)14-4-3-13-9-18-20(29)23-6-1-7-27(18)17(13)10-14/h2-5,8-10H,1,6-7H2,(H,23,29)(H2,24,25,26,28). The van der Waals surface area contributed by atoms with Crippen molar-refractivity contribution in [2.24, 2.45) is 0 Å². The third-order valence-corrected chi connectivity index (χ3v) is 5.09. The van der Waals surface area contributed by atoms with Crippen molar-refractivity contribution in [3.63, 3.8) is 0 Å². The minimum Gasteiger partial charge on any atom is -0.351 e. The van der Waals surface area contributed by atoms with Crippen LogP contribution in [0.2, 0.25) is 0 Å². The Labute approximate surface area is 165 Å². The molecule has 0 bridgehead atoms. The van der Waals surface area contributed by atoms with Gasteiger partial charge in [0.25, 0.3) is 11.8 Å². The fraction of sp³-hybridized carbons (Fsp3) is 0.143. The molecule has 8 heteroatoms. The van der Waals surface area contributed by atoms with Gasteiger partial charge in [-0.15, -0.1) is 0 Å². The molecule has 0 radical (unpaired) electrons. The summed E-state index contributed by atoms with van der Waals surface area (Å²) in [5, 5.41) is 15.6. The summed E-state index contributed by atoms with van der Waals surface area (Å²) < 4.78 is 1.96. The van der Waals surface area contributed by atoms with E-state index in [1.165, 1.54) is 0 Å². The molecule has 2 aromatic carbocycles. The number of anilines is 1. The number of hydrogen-bond acceptors (Lipinski definition) is 4. The van der Waals surface area contributed by atoms with Crippen LogP contribution in [0.4, 0.5) is 5.95 Å².